The number of rotatable bonds is 7. The van der Waals surface area contributed by atoms with E-state index in [2.05, 4.69) is 26.3 Å². The second-order valence-electron chi connectivity index (χ2n) is 13.3. The molecule has 2 bridgehead atoms. The van der Waals surface area contributed by atoms with Gasteiger partial charge in [-0.15, -0.1) is 0 Å². The Morgan fingerprint density at radius 3 is 2.69 bits per heavy atom. The lowest BCUT2D eigenvalue weighted by atomic mass is 9.95. The topological polar surface area (TPSA) is 94.9 Å². The Hall–Kier alpha value is -3.57. The number of phenols is 1. The van der Waals surface area contributed by atoms with Crippen LogP contribution in [0.2, 0.25) is 5.02 Å². The van der Waals surface area contributed by atoms with Crippen LogP contribution in [0, 0.1) is 5.82 Å². The molecule has 1 aliphatic carbocycles. The van der Waals surface area contributed by atoms with Gasteiger partial charge in [-0.3, -0.25) is 14.7 Å². The molecule has 0 spiro atoms. The highest BCUT2D eigenvalue weighted by Crippen LogP contribution is 2.49. The van der Waals surface area contributed by atoms with E-state index in [0.29, 0.717) is 47.8 Å². The zero-order valence-electron chi connectivity index (χ0n) is 24.9. The van der Waals surface area contributed by atoms with Crippen molar-refractivity contribution < 1.29 is 23.4 Å². The van der Waals surface area contributed by atoms with E-state index >= 15 is 4.39 Å². The van der Waals surface area contributed by atoms with Crippen LogP contribution in [0.4, 0.5) is 14.6 Å². The highest BCUT2D eigenvalue weighted by molar-refractivity contribution is 6.32. The van der Waals surface area contributed by atoms with Crippen molar-refractivity contribution in [3.63, 3.8) is 0 Å². The lowest BCUT2D eigenvalue weighted by molar-refractivity contribution is -0.129. The zero-order chi connectivity index (χ0) is 31.0. The van der Waals surface area contributed by atoms with Crippen molar-refractivity contribution in [2.75, 3.05) is 37.7 Å². The van der Waals surface area contributed by atoms with Gasteiger partial charge in [0.25, 0.3) is 0 Å². The summed E-state index contributed by atoms with van der Waals surface area (Å²) >= 11 is 6.55. The average molecular weight is 637 g/mol. The molecule has 4 atom stereocenters. The van der Waals surface area contributed by atoms with Gasteiger partial charge in [-0.05, 0) is 74.8 Å². The van der Waals surface area contributed by atoms with Crippen molar-refractivity contribution in [1.82, 2.24) is 24.8 Å². The number of phenolic OH excluding ortho intramolecular Hbond substituents is 1. The Morgan fingerprint density at radius 2 is 1.96 bits per heavy atom. The van der Waals surface area contributed by atoms with Crippen molar-refractivity contribution >= 4 is 34.2 Å². The number of carbonyl (C=O) groups excluding carboxylic acids is 1. The summed E-state index contributed by atoms with van der Waals surface area (Å²) < 4.78 is 37.5. The standard InChI is InChI=1S/C33H35ClF2N6O3/c1-2-26(44)42-20-6-7-21(42)16-40(15-20)31-24-13-37-29(23-10-22(43)11-25(34)27(23)18-4-5-18)28(36)30(24)38-32(39-31)45-17-33-8-3-9-41(33)14-19(35)12-33/h2,10-11,13,18-21,43H,1,3-9,12,14-17H2/t19-,20?,21?,33+/m1/s1. The highest BCUT2D eigenvalue weighted by Gasteiger charge is 2.49. The molecule has 12 heteroatoms. The second kappa shape index (κ2) is 10.8. The van der Waals surface area contributed by atoms with E-state index in [-0.39, 0.29) is 53.5 Å². The summed E-state index contributed by atoms with van der Waals surface area (Å²) in [4.78, 5) is 32.7. The van der Waals surface area contributed by atoms with Crippen LogP contribution in [0.5, 0.6) is 11.8 Å². The van der Waals surface area contributed by atoms with Crippen LogP contribution in [-0.2, 0) is 4.79 Å². The third-order valence-electron chi connectivity index (χ3n) is 10.4. The molecule has 2 aromatic heterocycles. The van der Waals surface area contributed by atoms with Crippen LogP contribution >= 0.6 is 11.6 Å². The number of aromatic nitrogens is 3. The minimum atomic E-state index is -0.909. The third-order valence-corrected chi connectivity index (χ3v) is 10.8. The number of alkyl halides is 1. The Labute approximate surface area is 264 Å². The number of aromatic hydroxyl groups is 1. The summed E-state index contributed by atoms with van der Waals surface area (Å²) in [6.07, 6.45) is 7.77. The average Bonchev–Trinajstić information content (AvgIpc) is 3.63. The summed E-state index contributed by atoms with van der Waals surface area (Å²) in [7, 11) is 0. The van der Waals surface area contributed by atoms with Crippen LogP contribution in [0.25, 0.3) is 22.2 Å². The van der Waals surface area contributed by atoms with E-state index in [1.54, 1.807) is 6.20 Å². The monoisotopic (exact) mass is 636 g/mol. The third kappa shape index (κ3) is 4.81. The number of nitrogens with zero attached hydrogens (tertiary/aromatic N) is 6. The normalized spacial score (nSPS) is 27.8. The molecular formula is C33H35ClF2N6O3. The largest absolute Gasteiger partial charge is 0.508 e. The van der Waals surface area contributed by atoms with Crippen molar-refractivity contribution in [2.45, 2.75) is 74.7 Å². The van der Waals surface area contributed by atoms with Crippen LogP contribution in [0.3, 0.4) is 0 Å². The van der Waals surface area contributed by atoms with Crippen molar-refractivity contribution in [3.8, 4) is 23.0 Å². The molecular weight excluding hydrogens is 602 g/mol. The molecule has 3 aromatic rings. The highest BCUT2D eigenvalue weighted by atomic mass is 35.5. The lowest BCUT2D eigenvalue weighted by Crippen LogP contribution is -2.55. The SMILES string of the molecule is C=CC(=O)N1C2CCC1CN(c1nc(OC[C@@]34CCCN3C[C@H](F)C4)nc3c(F)c(-c4cc(O)cc(Cl)c4C4CC4)ncc13)C2. The maximum Gasteiger partial charge on any atom is 0.319 e. The molecule has 0 radical (unpaired) electrons. The zero-order valence-corrected chi connectivity index (χ0v) is 25.6. The molecule has 1 amide bonds. The van der Waals surface area contributed by atoms with Crippen LogP contribution in [0.15, 0.2) is 31.0 Å². The molecule has 2 unspecified atom stereocenters. The van der Waals surface area contributed by atoms with Gasteiger partial charge in [0.2, 0.25) is 5.91 Å². The molecule has 1 N–H and O–H groups in total. The molecule has 5 aliphatic rings. The molecule has 1 saturated carbocycles. The van der Waals surface area contributed by atoms with Gasteiger partial charge in [-0.1, -0.05) is 18.2 Å². The van der Waals surface area contributed by atoms with E-state index in [4.69, 9.17) is 21.3 Å². The molecule has 5 fully saturated rings. The number of carbonyl (C=O) groups is 1. The van der Waals surface area contributed by atoms with Crippen LogP contribution in [0.1, 0.15) is 56.4 Å². The van der Waals surface area contributed by atoms with E-state index in [0.717, 1.165) is 50.6 Å². The lowest BCUT2D eigenvalue weighted by Gasteiger charge is -2.41. The number of amides is 1. The Kier molecular flexibility index (Phi) is 6.90. The minimum absolute atomic E-state index is 0.0189. The van der Waals surface area contributed by atoms with Gasteiger partial charge in [0.15, 0.2) is 5.82 Å². The molecule has 236 valence electrons. The number of hydrogen-bond donors (Lipinski definition) is 1. The van der Waals surface area contributed by atoms with Gasteiger partial charge < -0.3 is 19.6 Å². The number of fused-ring (bicyclic) bond motifs is 4. The van der Waals surface area contributed by atoms with Crippen molar-refractivity contribution in [1.29, 1.82) is 0 Å². The number of halogens is 3. The molecule has 6 heterocycles. The number of anilines is 1. The maximum absolute atomic E-state index is 16.7. The molecule has 1 aromatic carbocycles. The molecule has 8 rings (SSSR count). The van der Waals surface area contributed by atoms with Crippen molar-refractivity contribution in [2.24, 2.45) is 0 Å². The Bertz CT molecular complexity index is 1710. The summed E-state index contributed by atoms with van der Waals surface area (Å²) in [5, 5.41) is 11.2. The first-order valence-corrected chi connectivity index (χ1v) is 16.2. The van der Waals surface area contributed by atoms with Gasteiger partial charge in [-0.25, -0.2) is 8.78 Å². The fraction of sp³-hybridized carbons (Fsp3) is 0.515. The Morgan fingerprint density at radius 1 is 1.18 bits per heavy atom. The first-order chi connectivity index (χ1) is 21.7. The van der Waals surface area contributed by atoms with Crippen LogP contribution in [-0.4, -0.2) is 92.3 Å². The second-order valence-corrected chi connectivity index (χ2v) is 13.7. The number of pyridine rings is 1. The predicted molar refractivity (Wildman–Crippen MR) is 166 cm³/mol. The summed E-state index contributed by atoms with van der Waals surface area (Å²) in [6, 6.07) is 2.95. The number of benzene rings is 1. The number of piperazine rings is 1. The van der Waals surface area contributed by atoms with Crippen LogP contribution < -0.4 is 9.64 Å². The first-order valence-electron chi connectivity index (χ1n) is 15.9. The molecule has 9 nitrogen and oxygen atoms in total. The van der Waals surface area contributed by atoms with Gasteiger partial charge in [0.1, 0.15) is 35.6 Å². The fourth-order valence-electron chi connectivity index (χ4n) is 8.29. The van der Waals surface area contributed by atoms with Gasteiger partial charge in [0.05, 0.1) is 10.9 Å². The van der Waals surface area contributed by atoms with Gasteiger partial charge in [-0.2, -0.15) is 9.97 Å². The fourth-order valence-corrected chi connectivity index (χ4v) is 8.66. The Balaban J connectivity index is 1.22. The first kappa shape index (κ1) is 28.9. The smallest absolute Gasteiger partial charge is 0.319 e. The molecule has 4 saturated heterocycles. The van der Waals surface area contributed by atoms with E-state index in [1.807, 2.05) is 4.90 Å². The molecule has 45 heavy (non-hydrogen) atoms. The van der Waals surface area contributed by atoms with E-state index in [1.165, 1.54) is 18.2 Å². The molecule has 4 aliphatic heterocycles. The van der Waals surface area contributed by atoms with Gasteiger partial charge in [0, 0.05) is 54.9 Å². The minimum Gasteiger partial charge on any atom is -0.508 e. The summed E-state index contributed by atoms with van der Waals surface area (Å²) in [6.45, 7) is 6.12. The maximum atomic E-state index is 16.7. The predicted octanol–water partition coefficient (Wildman–Crippen LogP) is 5.39. The van der Waals surface area contributed by atoms with E-state index in [9.17, 15) is 14.3 Å². The van der Waals surface area contributed by atoms with E-state index < -0.39 is 17.5 Å². The number of hydrogen-bond acceptors (Lipinski definition) is 8. The van der Waals surface area contributed by atoms with Gasteiger partial charge >= 0.3 is 6.01 Å². The van der Waals surface area contributed by atoms with Crippen molar-refractivity contribution in [3.05, 3.63) is 47.4 Å². The summed E-state index contributed by atoms with van der Waals surface area (Å²) in [5.74, 6) is -0.149. The number of ether oxygens (including phenoxy) is 1. The summed E-state index contributed by atoms with van der Waals surface area (Å²) in [5.41, 5.74) is 0.893. The quantitative estimate of drug-likeness (QED) is 0.345.